The predicted octanol–water partition coefficient (Wildman–Crippen LogP) is 3.54. The first-order chi connectivity index (χ1) is 9.00. The van der Waals surface area contributed by atoms with Gasteiger partial charge in [-0.1, -0.05) is 24.4 Å². The lowest BCUT2D eigenvalue weighted by molar-refractivity contribution is 0.627. The molecule has 2 N–H and O–H groups in total. The summed E-state index contributed by atoms with van der Waals surface area (Å²) in [5.41, 5.74) is 8.89. The summed E-state index contributed by atoms with van der Waals surface area (Å²) >= 11 is 4.98. The standard InChI is InChI=1S/C15H15FN2S/c1-10-9-11(7-8-12(10)15(17)19)18(2)14-6-4-3-5-13(14)16/h3-9H,1-2H3,(H2,17,19). The number of para-hydroxylation sites is 1. The smallest absolute Gasteiger partial charge is 0.146 e. The minimum absolute atomic E-state index is 0.249. The fraction of sp³-hybridized carbons (Fsp3) is 0.133. The lowest BCUT2D eigenvalue weighted by Gasteiger charge is -2.21. The van der Waals surface area contributed by atoms with Gasteiger partial charge in [0.15, 0.2) is 0 Å². The van der Waals surface area contributed by atoms with Crippen molar-refractivity contribution in [1.29, 1.82) is 0 Å². The molecular formula is C15H15FN2S. The molecule has 0 amide bonds. The van der Waals surface area contributed by atoms with Crippen LogP contribution in [-0.4, -0.2) is 12.0 Å². The Labute approximate surface area is 117 Å². The summed E-state index contributed by atoms with van der Waals surface area (Å²) < 4.78 is 13.8. The van der Waals surface area contributed by atoms with Gasteiger partial charge < -0.3 is 10.6 Å². The van der Waals surface area contributed by atoms with E-state index in [9.17, 15) is 4.39 Å². The molecule has 0 aliphatic heterocycles. The van der Waals surface area contributed by atoms with Gasteiger partial charge in [-0.25, -0.2) is 4.39 Å². The first-order valence-corrected chi connectivity index (χ1v) is 6.30. The Kier molecular flexibility index (Phi) is 3.81. The van der Waals surface area contributed by atoms with Crippen LogP contribution >= 0.6 is 12.2 Å². The van der Waals surface area contributed by atoms with E-state index in [0.29, 0.717) is 10.7 Å². The third kappa shape index (κ3) is 2.74. The molecule has 0 atom stereocenters. The first-order valence-electron chi connectivity index (χ1n) is 5.89. The molecule has 0 spiro atoms. The number of halogens is 1. The summed E-state index contributed by atoms with van der Waals surface area (Å²) in [6.45, 7) is 1.94. The van der Waals surface area contributed by atoms with Crippen molar-refractivity contribution >= 4 is 28.6 Å². The lowest BCUT2D eigenvalue weighted by atomic mass is 10.1. The molecule has 19 heavy (non-hydrogen) atoms. The maximum atomic E-state index is 13.8. The van der Waals surface area contributed by atoms with Gasteiger partial charge in [-0.05, 0) is 42.8 Å². The zero-order valence-electron chi connectivity index (χ0n) is 10.9. The summed E-state index contributed by atoms with van der Waals surface area (Å²) in [6.07, 6.45) is 0. The van der Waals surface area contributed by atoms with Crippen molar-refractivity contribution in [2.45, 2.75) is 6.92 Å². The highest BCUT2D eigenvalue weighted by atomic mass is 32.1. The van der Waals surface area contributed by atoms with Crippen molar-refractivity contribution in [3.63, 3.8) is 0 Å². The number of benzene rings is 2. The van der Waals surface area contributed by atoms with Gasteiger partial charge in [-0.15, -0.1) is 0 Å². The van der Waals surface area contributed by atoms with Gasteiger partial charge in [0.05, 0.1) is 5.69 Å². The maximum Gasteiger partial charge on any atom is 0.146 e. The normalized spacial score (nSPS) is 10.3. The molecule has 0 saturated heterocycles. The van der Waals surface area contributed by atoms with Gasteiger partial charge in [0.25, 0.3) is 0 Å². The van der Waals surface area contributed by atoms with Gasteiger partial charge >= 0.3 is 0 Å². The zero-order valence-corrected chi connectivity index (χ0v) is 11.7. The molecule has 98 valence electrons. The van der Waals surface area contributed by atoms with Crippen LogP contribution in [-0.2, 0) is 0 Å². The third-order valence-corrected chi connectivity index (χ3v) is 3.30. The maximum absolute atomic E-state index is 13.8. The average Bonchev–Trinajstić information content (AvgIpc) is 2.38. The molecule has 0 saturated carbocycles. The molecule has 4 heteroatoms. The predicted molar refractivity (Wildman–Crippen MR) is 81.5 cm³/mol. The number of nitrogens with two attached hydrogens (primary N) is 1. The van der Waals surface area contributed by atoms with Crippen molar-refractivity contribution in [3.05, 3.63) is 59.4 Å². The van der Waals surface area contributed by atoms with Crippen LogP contribution in [0.1, 0.15) is 11.1 Å². The van der Waals surface area contributed by atoms with Gasteiger partial charge in [-0.2, -0.15) is 0 Å². The largest absolute Gasteiger partial charge is 0.389 e. The van der Waals surface area contributed by atoms with Crippen LogP contribution < -0.4 is 10.6 Å². The molecular weight excluding hydrogens is 259 g/mol. The van der Waals surface area contributed by atoms with E-state index in [1.807, 2.05) is 38.2 Å². The van der Waals surface area contributed by atoms with Crippen molar-refractivity contribution in [1.82, 2.24) is 0 Å². The Morgan fingerprint density at radius 1 is 1.21 bits per heavy atom. The summed E-state index contributed by atoms with van der Waals surface area (Å²) in [5.74, 6) is -0.249. The second kappa shape index (κ2) is 5.36. The number of nitrogens with zero attached hydrogens (tertiary/aromatic N) is 1. The van der Waals surface area contributed by atoms with Gasteiger partial charge in [0.1, 0.15) is 10.8 Å². The van der Waals surface area contributed by atoms with Crippen LogP contribution in [0.3, 0.4) is 0 Å². The van der Waals surface area contributed by atoms with Crippen molar-refractivity contribution in [2.75, 3.05) is 11.9 Å². The quantitative estimate of drug-likeness (QED) is 0.868. The first kappa shape index (κ1) is 13.5. The molecule has 0 aliphatic rings. The van der Waals surface area contributed by atoms with Crippen molar-refractivity contribution < 1.29 is 4.39 Å². The van der Waals surface area contributed by atoms with Crippen LogP contribution in [0.4, 0.5) is 15.8 Å². The fourth-order valence-electron chi connectivity index (χ4n) is 2.00. The van der Waals surface area contributed by atoms with E-state index in [4.69, 9.17) is 18.0 Å². The van der Waals surface area contributed by atoms with E-state index in [1.54, 1.807) is 17.0 Å². The Morgan fingerprint density at radius 3 is 2.47 bits per heavy atom. The van der Waals surface area contributed by atoms with E-state index >= 15 is 0 Å². The van der Waals surface area contributed by atoms with E-state index in [1.165, 1.54) is 6.07 Å². The molecule has 2 nitrogen and oxygen atoms in total. The van der Waals surface area contributed by atoms with Gasteiger partial charge in [0, 0.05) is 18.3 Å². The second-order valence-corrected chi connectivity index (χ2v) is 4.81. The second-order valence-electron chi connectivity index (χ2n) is 4.37. The molecule has 0 unspecified atom stereocenters. The fourth-order valence-corrected chi connectivity index (χ4v) is 2.22. The molecule has 2 rings (SSSR count). The summed E-state index contributed by atoms with van der Waals surface area (Å²) in [5, 5.41) is 0. The SMILES string of the molecule is Cc1cc(N(C)c2ccccc2F)ccc1C(N)=S. The number of rotatable bonds is 3. The number of hydrogen-bond acceptors (Lipinski definition) is 2. The molecule has 2 aromatic rings. The molecule has 0 bridgehead atoms. The van der Waals surface area contributed by atoms with Gasteiger partial charge in [0.2, 0.25) is 0 Å². The van der Waals surface area contributed by atoms with E-state index in [2.05, 4.69) is 0 Å². The average molecular weight is 274 g/mol. The number of anilines is 2. The number of aryl methyl sites for hydroxylation is 1. The van der Waals surface area contributed by atoms with E-state index in [0.717, 1.165) is 16.8 Å². The van der Waals surface area contributed by atoms with Crippen molar-refractivity contribution in [2.24, 2.45) is 5.73 Å². The third-order valence-electron chi connectivity index (χ3n) is 3.08. The highest BCUT2D eigenvalue weighted by molar-refractivity contribution is 7.80. The van der Waals surface area contributed by atoms with Crippen LogP contribution in [0.5, 0.6) is 0 Å². The highest BCUT2D eigenvalue weighted by Gasteiger charge is 2.10. The Balaban J connectivity index is 2.40. The Morgan fingerprint density at radius 2 is 1.89 bits per heavy atom. The van der Waals surface area contributed by atoms with Crippen LogP contribution in [0.15, 0.2) is 42.5 Å². The molecule has 0 aliphatic carbocycles. The van der Waals surface area contributed by atoms with E-state index in [-0.39, 0.29) is 5.82 Å². The van der Waals surface area contributed by atoms with Crippen molar-refractivity contribution in [3.8, 4) is 0 Å². The molecule has 0 radical (unpaired) electrons. The number of thiocarbonyl (C=S) groups is 1. The Hall–Kier alpha value is -1.94. The van der Waals surface area contributed by atoms with Crippen LogP contribution in [0.2, 0.25) is 0 Å². The lowest BCUT2D eigenvalue weighted by Crippen LogP contribution is -2.14. The summed E-state index contributed by atoms with van der Waals surface area (Å²) in [7, 11) is 1.83. The summed E-state index contributed by atoms with van der Waals surface area (Å²) in [4.78, 5) is 2.17. The number of hydrogen-bond donors (Lipinski definition) is 1. The summed E-state index contributed by atoms with van der Waals surface area (Å²) in [6, 6.07) is 12.4. The zero-order chi connectivity index (χ0) is 14.0. The molecule has 0 aromatic heterocycles. The minimum atomic E-state index is -0.249. The minimum Gasteiger partial charge on any atom is -0.389 e. The monoisotopic (exact) mass is 274 g/mol. The van der Waals surface area contributed by atoms with Gasteiger partial charge in [-0.3, -0.25) is 0 Å². The topological polar surface area (TPSA) is 29.3 Å². The molecule has 0 fully saturated rings. The molecule has 0 heterocycles. The highest BCUT2D eigenvalue weighted by Crippen LogP contribution is 2.27. The van der Waals surface area contributed by atoms with E-state index < -0.39 is 0 Å². The molecule has 2 aromatic carbocycles. The van der Waals surface area contributed by atoms with Crippen LogP contribution in [0.25, 0.3) is 0 Å². The Bertz CT molecular complexity index is 625. The van der Waals surface area contributed by atoms with Crippen LogP contribution in [0, 0.1) is 12.7 Å².